The number of esters is 1. The van der Waals surface area contributed by atoms with Gasteiger partial charge >= 0.3 is 5.97 Å². The van der Waals surface area contributed by atoms with E-state index in [4.69, 9.17) is 28.7 Å². The van der Waals surface area contributed by atoms with Crippen molar-refractivity contribution in [2.24, 2.45) is 4.99 Å². The summed E-state index contributed by atoms with van der Waals surface area (Å²) < 4.78 is 28.7. The van der Waals surface area contributed by atoms with Crippen molar-refractivity contribution in [1.29, 1.82) is 0 Å². The minimum Gasteiger partial charge on any atom is -0.493 e. The average Bonchev–Trinajstić information content (AvgIpc) is 3.00. The minimum absolute atomic E-state index is 0.195. The van der Waals surface area contributed by atoms with Gasteiger partial charge in [0.1, 0.15) is 5.75 Å². The summed E-state index contributed by atoms with van der Waals surface area (Å²) in [5, 5.41) is 0. The molecule has 0 unspecified atom stereocenters. The molecule has 0 bridgehead atoms. The first kappa shape index (κ1) is 25.6. The Balaban J connectivity index is 1.64. The van der Waals surface area contributed by atoms with E-state index in [9.17, 15) is 4.79 Å². The van der Waals surface area contributed by atoms with Crippen LogP contribution in [0.2, 0.25) is 0 Å². The molecule has 7 heteroatoms. The van der Waals surface area contributed by atoms with Crippen molar-refractivity contribution >= 4 is 17.8 Å². The highest BCUT2D eigenvalue weighted by Crippen LogP contribution is 2.39. The summed E-state index contributed by atoms with van der Waals surface area (Å²) in [5.41, 5.74) is 3.53. The van der Waals surface area contributed by atoms with Gasteiger partial charge < -0.3 is 23.7 Å². The molecule has 1 atom stereocenters. The molecule has 196 valence electrons. The number of hydrogen-bond donors (Lipinski definition) is 0. The SMILES string of the molecule is COc1cc(/C=C(\OC(=O)c2ccccc2)[C@@H]2N=C(c3ccccc3)c3ccccc3O2)cc(OC)c1OC. The molecule has 5 rings (SSSR count). The predicted octanol–water partition coefficient (Wildman–Crippen LogP) is 6.17. The molecule has 0 radical (unpaired) electrons. The quantitative estimate of drug-likeness (QED) is 0.204. The summed E-state index contributed by atoms with van der Waals surface area (Å²) in [5.74, 6) is 1.66. The minimum atomic E-state index is -0.943. The number of carbonyl (C=O) groups excluding carboxylic acids is 1. The lowest BCUT2D eigenvalue weighted by Gasteiger charge is -2.26. The molecule has 0 fully saturated rings. The van der Waals surface area contributed by atoms with E-state index >= 15 is 0 Å². The highest BCUT2D eigenvalue weighted by atomic mass is 16.6. The number of rotatable bonds is 8. The van der Waals surface area contributed by atoms with Gasteiger partial charge in [-0.05, 0) is 48.0 Å². The summed E-state index contributed by atoms with van der Waals surface area (Å²) >= 11 is 0. The van der Waals surface area contributed by atoms with Gasteiger partial charge in [-0.15, -0.1) is 0 Å². The number of ether oxygens (including phenoxy) is 5. The van der Waals surface area contributed by atoms with Crippen LogP contribution in [0.1, 0.15) is 27.0 Å². The van der Waals surface area contributed by atoms with Gasteiger partial charge in [0.15, 0.2) is 17.3 Å². The summed E-state index contributed by atoms with van der Waals surface area (Å²) in [7, 11) is 4.62. The van der Waals surface area contributed by atoms with Gasteiger partial charge in [-0.25, -0.2) is 9.79 Å². The first-order chi connectivity index (χ1) is 19.1. The van der Waals surface area contributed by atoms with Crippen molar-refractivity contribution in [2.45, 2.75) is 6.23 Å². The standard InChI is InChI=1S/C32H27NO6/c1-35-26-18-21(19-27(36-2)30(26)37-3)20-28(39-32(34)23-14-8-5-9-15-23)31-33-29(22-12-6-4-7-13-22)24-16-10-11-17-25(24)38-31/h4-20,31H,1-3H3/b28-20-/t31-/m1/s1. The number of nitrogens with zero attached hydrogens (tertiary/aromatic N) is 1. The lowest BCUT2D eigenvalue weighted by Crippen LogP contribution is -2.28. The van der Waals surface area contributed by atoms with Crippen molar-refractivity contribution in [3.63, 3.8) is 0 Å². The van der Waals surface area contributed by atoms with Crippen molar-refractivity contribution in [1.82, 2.24) is 0 Å². The molecular formula is C32H27NO6. The lowest BCUT2D eigenvalue weighted by atomic mass is 10.00. The Morgan fingerprint density at radius 2 is 1.41 bits per heavy atom. The molecule has 0 amide bonds. The van der Waals surface area contributed by atoms with Crippen LogP contribution in [0.3, 0.4) is 0 Å². The number of methoxy groups -OCH3 is 3. The van der Waals surface area contributed by atoms with Gasteiger partial charge in [-0.1, -0.05) is 60.7 Å². The van der Waals surface area contributed by atoms with E-state index in [-0.39, 0.29) is 5.76 Å². The summed E-state index contributed by atoms with van der Waals surface area (Å²) in [4.78, 5) is 18.1. The summed E-state index contributed by atoms with van der Waals surface area (Å²) in [6, 6.07) is 29.8. The molecule has 0 N–H and O–H groups in total. The molecule has 0 spiro atoms. The second-order valence-electron chi connectivity index (χ2n) is 8.57. The molecule has 0 aromatic heterocycles. The Morgan fingerprint density at radius 1 is 0.795 bits per heavy atom. The third-order valence-corrected chi connectivity index (χ3v) is 6.13. The second kappa shape index (κ2) is 11.6. The van der Waals surface area contributed by atoms with Gasteiger partial charge in [0.25, 0.3) is 0 Å². The van der Waals surface area contributed by atoms with E-state index in [0.29, 0.717) is 34.1 Å². The molecule has 4 aromatic rings. The van der Waals surface area contributed by atoms with Crippen molar-refractivity contribution in [2.75, 3.05) is 21.3 Å². The van der Waals surface area contributed by atoms with Crippen LogP contribution in [0.5, 0.6) is 23.0 Å². The molecule has 7 nitrogen and oxygen atoms in total. The zero-order chi connectivity index (χ0) is 27.2. The van der Waals surface area contributed by atoms with Gasteiger partial charge in [0.2, 0.25) is 12.0 Å². The maximum Gasteiger partial charge on any atom is 0.343 e. The van der Waals surface area contributed by atoms with Gasteiger partial charge in [0, 0.05) is 11.1 Å². The largest absolute Gasteiger partial charge is 0.493 e. The molecule has 1 aliphatic rings. The number of aliphatic imine (C=N–C) groups is 1. The Morgan fingerprint density at radius 3 is 2.05 bits per heavy atom. The molecule has 1 heterocycles. The highest BCUT2D eigenvalue weighted by Gasteiger charge is 2.29. The Hall–Kier alpha value is -5.04. The maximum absolute atomic E-state index is 13.2. The molecule has 0 aliphatic carbocycles. The van der Waals surface area contributed by atoms with Crippen LogP contribution in [-0.4, -0.2) is 39.2 Å². The second-order valence-corrected chi connectivity index (χ2v) is 8.57. The Bertz CT molecular complexity index is 1500. The fourth-order valence-electron chi connectivity index (χ4n) is 4.29. The molecule has 4 aromatic carbocycles. The molecule has 0 saturated heterocycles. The zero-order valence-electron chi connectivity index (χ0n) is 21.8. The van der Waals surface area contributed by atoms with Crippen molar-refractivity contribution in [3.05, 3.63) is 125 Å². The molecule has 1 aliphatic heterocycles. The van der Waals surface area contributed by atoms with Crippen molar-refractivity contribution < 1.29 is 28.5 Å². The van der Waals surface area contributed by atoms with Crippen LogP contribution in [0, 0.1) is 0 Å². The first-order valence-electron chi connectivity index (χ1n) is 12.3. The number of fused-ring (bicyclic) bond motifs is 1. The fourth-order valence-corrected chi connectivity index (χ4v) is 4.29. The first-order valence-corrected chi connectivity index (χ1v) is 12.3. The van der Waals surface area contributed by atoms with E-state index in [1.54, 1.807) is 56.7 Å². The third-order valence-electron chi connectivity index (χ3n) is 6.13. The van der Waals surface area contributed by atoms with E-state index in [1.165, 1.54) is 7.11 Å². The van der Waals surface area contributed by atoms with Crippen LogP contribution < -0.4 is 18.9 Å². The number of carbonyl (C=O) groups is 1. The van der Waals surface area contributed by atoms with E-state index in [2.05, 4.69) is 0 Å². The zero-order valence-corrected chi connectivity index (χ0v) is 21.8. The van der Waals surface area contributed by atoms with E-state index in [0.717, 1.165) is 16.8 Å². The third kappa shape index (κ3) is 5.48. The smallest absolute Gasteiger partial charge is 0.343 e. The van der Waals surface area contributed by atoms with Gasteiger partial charge in [-0.2, -0.15) is 0 Å². The average molecular weight is 522 g/mol. The van der Waals surface area contributed by atoms with Crippen LogP contribution >= 0.6 is 0 Å². The predicted molar refractivity (Wildman–Crippen MR) is 149 cm³/mol. The van der Waals surface area contributed by atoms with Crippen molar-refractivity contribution in [3.8, 4) is 23.0 Å². The van der Waals surface area contributed by atoms with Gasteiger partial charge in [-0.3, -0.25) is 0 Å². The summed E-state index contributed by atoms with van der Waals surface area (Å²) in [6.07, 6.45) is 0.748. The molecule has 39 heavy (non-hydrogen) atoms. The Labute approximate surface area is 226 Å². The maximum atomic E-state index is 13.2. The van der Waals surface area contributed by atoms with Crippen LogP contribution in [-0.2, 0) is 4.74 Å². The van der Waals surface area contributed by atoms with Crippen LogP contribution in [0.25, 0.3) is 6.08 Å². The van der Waals surface area contributed by atoms with E-state index < -0.39 is 12.2 Å². The van der Waals surface area contributed by atoms with Gasteiger partial charge in [0.05, 0.1) is 32.6 Å². The fraction of sp³-hybridized carbons (Fsp3) is 0.125. The van der Waals surface area contributed by atoms with Crippen LogP contribution in [0.4, 0.5) is 0 Å². The lowest BCUT2D eigenvalue weighted by molar-refractivity contribution is 0.0538. The monoisotopic (exact) mass is 521 g/mol. The highest BCUT2D eigenvalue weighted by molar-refractivity contribution is 6.15. The Kier molecular flexibility index (Phi) is 7.59. The molecular weight excluding hydrogens is 494 g/mol. The van der Waals surface area contributed by atoms with Crippen LogP contribution in [0.15, 0.2) is 108 Å². The topological polar surface area (TPSA) is 75.6 Å². The number of para-hydroxylation sites is 1. The number of hydrogen-bond acceptors (Lipinski definition) is 7. The normalized spacial score (nSPS) is 14.4. The molecule has 0 saturated carbocycles. The van der Waals surface area contributed by atoms with E-state index in [1.807, 2.05) is 60.7 Å². The summed E-state index contributed by atoms with van der Waals surface area (Å²) in [6.45, 7) is 0. The number of benzene rings is 4.